The molecular weight excluding hydrogens is 796 g/mol. The number of thiazole rings is 1. The minimum atomic E-state index is -3.07. The average molecular weight is 830 g/mol. The lowest BCUT2D eigenvalue weighted by Gasteiger charge is -2.40. The van der Waals surface area contributed by atoms with Crippen LogP contribution in [0.3, 0.4) is 0 Å². The maximum absolute atomic E-state index is 15.6. The molecule has 0 radical (unpaired) electrons. The Kier molecular flexibility index (Phi) is 9.65. The van der Waals surface area contributed by atoms with Crippen molar-refractivity contribution in [3.63, 3.8) is 0 Å². The minimum absolute atomic E-state index is 0.0709. The van der Waals surface area contributed by atoms with Crippen LogP contribution >= 0.6 is 11.3 Å². The van der Waals surface area contributed by atoms with Crippen LogP contribution in [0.4, 0.5) is 13.2 Å². The molecule has 0 aliphatic carbocycles. The van der Waals surface area contributed by atoms with E-state index in [4.69, 9.17) is 15.2 Å². The second-order valence-electron chi connectivity index (χ2n) is 14.8. The summed E-state index contributed by atoms with van der Waals surface area (Å²) in [4.78, 5) is 63.2. The number of aliphatic hydroxyl groups is 2. The number of carbonyl (C=O) groups is 4. The zero-order valence-electron chi connectivity index (χ0n) is 31.4. The third-order valence-corrected chi connectivity index (χ3v) is 11.2. The van der Waals surface area contributed by atoms with Crippen LogP contribution in [0.1, 0.15) is 56.1 Å². The number of hydrogen-bond donors (Lipinski definition) is 4. The number of aromatic nitrogens is 3. The summed E-state index contributed by atoms with van der Waals surface area (Å²) in [6.07, 6.45) is 1.41. The summed E-state index contributed by atoms with van der Waals surface area (Å²) in [6, 6.07) is 7.31. The van der Waals surface area contributed by atoms with E-state index in [0.717, 1.165) is 34.1 Å². The van der Waals surface area contributed by atoms with E-state index < -0.39 is 65.9 Å². The molecular formula is C40H34F3N7O8S. The second kappa shape index (κ2) is 14.5. The maximum Gasteiger partial charge on any atom is 0.283 e. The number of hydrogen-bond acceptors (Lipinski definition) is 11. The van der Waals surface area contributed by atoms with E-state index in [1.807, 2.05) is 0 Å². The molecule has 4 aliphatic rings. The Morgan fingerprint density at radius 2 is 1.90 bits per heavy atom. The van der Waals surface area contributed by atoms with Gasteiger partial charge in [0.05, 0.1) is 43.1 Å². The highest BCUT2D eigenvalue weighted by molar-refractivity contribution is 7.14. The van der Waals surface area contributed by atoms with E-state index in [1.54, 1.807) is 25.2 Å². The standard InChI is InChI=1S/C40H34F3N7O8S/c1-38(55,36(53)50-19-40(42,43)20-50)10-7-22-15-24-28(16-25(22)41)58-30(18-49-17-26(32(44)51)45-33(24)49)46-34(52)35-47-31-23-14-21(4-5-27(23)57-13-8-29(31)59-35)6-11-39(56)9-3-12-48(2)37(39)54/h4-5,14-17,30,55-56H,3,8-9,12-13,18-20H2,1-2H3,(H2,44,51)(H,46,52)/t30?,38-,39?/m1/s1. The molecule has 3 atom stereocenters. The van der Waals surface area contributed by atoms with Crippen molar-refractivity contribution in [2.24, 2.45) is 5.73 Å². The molecule has 0 saturated carbocycles. The lowest BCUT2D eigenvalue weighted by Crippen LogP contribution is -2.62. The van der Waals surface area contributed by atoms with Gasteiger partial charge in [-0.2, -0.15) is 0 Å². The van der Waals surface area contributed by atoms with Crippen LogP contribution in [0.15, 0.2) is 36.5 Å². The Morgan fingerprint density at radius 3 is 2.64 bits per heavy atom. The monoisotopic (exact) mass is 829 g/mol. The number of carbonyl (C=O) groups excluding carboxylic acids is 4. The van der Waals surface area contributed by atoms with Gasteiger partial charge in [0, 0.05) is 48.3 Å². The molecule has 19 heteroatoms. The molecule has 6 heterocycles. The van der Waals surface area contributed by atoms with Gasteiger partial charge >= 0.3 is 0 Å². The van der Waals surface area contributed by atoms with Gasteiger partial charge in [0.1, 0.15) is 28.8 Å². The summed E-state index contributed by atoms with van der Waals surface area (Å²) in [5, 5.41) is 24.5. The SMILES string of the molecule is CN1CCCC(O)(C#Cc2ccc3c(c2)-c2nc(C(=O)NC4Cn5cc(C(N)=O)nc5-c5cc(C#C[C@@](C)(O)C(=O)N6CC(F)(F)C6)c(F)cc5O4)sc2CCO3)C1=O. The van der Waals surface area contributed by atoms with Gasteiger partial charge in [-0.05, 0) is 44.0 Å². The number of alkyl halides is 2. The van der Waals surface area contributed by atoms with Crippen molar-refractivity contribution in [1.82, 2.24) is 29.7 Å². The van der Waals surface area contributed by atoms with Gasteiger partial charge in [-0.1, -0.05) is 23.7 Å². The topological polar surface area (TPSA) is 202 Å². The highest BCUT2D eigenvalue weighted by Crippen LogP contribution is 2.39. The van der Waals surface area contributed by atoms with Crippen molar-refractivity contribution in [2.45, 2.75) is 56.1 Å². The molecule has 304 valence electrons. The van der Waals surface area contributed by atoms with E-state index in [2.05, 4.69) is 39.0 Å². The number of nitrogens with one attached hydrogen (secondary N) is 1. The van der Waals surface area contributed by atoms with Gasteiger partial charge in [-0.3, -0.25) is 19.2 Å². The highest BCUT2D eigenvalue weighted by atomic mass is 32.1. The third kappa shape index (κ3) is 7.55. The Balaban J connectivity index is 1.06. The number of fused-ring (bicyclic) bond motifs is 6. The molecule has 15 nitrogen and oxygen atoms in total. The molecule has 2 aromatic heterocycles. The van der Waals surface area contributed by atoms with Crippen LogP contribution in [0.2, 0.25) is 0 Å². The molecule has 2 fully saturated rings. The van der Waals surface area contributed by atoms with Gasteiger partial charge < -0.3 is 45.1 Å². The number of benzene rings is 2. The molecule has 4 amide bonds. The molecule has 59 heavy (non-hydrogen) atoms. The van der Waals surface area contributed by atoms with Crippen LogP contribution in [-0.4, -0.2) is 115 Å². The van der Waals surface area contributed by atoms with Crippen LogP contribution in [-0.2, 0) is 22.6 Å². The zero-order valence-corrected chi connectivity index (χ0v) is 32.2. The summed E-state index contributed by atoms with van der Waals surface area (Å²) in [5.74, 6) is 3.76. The molecule has 5 N–H and O–H groups in total. The summed E-state index contributed by atoms with van der Waals surface area (Å²) >= 11 is 1.13. The van der Waals surface area contributed by atoms with Gasteiger partial charge in [0.2, 0.25) is 11.2 Å². The highest BCUT2D eigenvalue weighted by Gasteiger charge is 2.50. The van der Waals surface area contributed by atoms with Crippen molar-refractivity contribution in [3.8, 4) is 57.8 Å². The number of ether oxygens (including phenoxy) is 2. The van der Waals surface area contributed by atoms with Crippen LogP contribution in [0.25, 0.3) is 22.6 Å². The number of imidazole rings is 1. The Hall–Kier alpha value is -6.41. The van der Waals surface area contributed by atoms with Crippen LogP contribution in [0, 0.1) is 29.5 Å². The smallest absolute Gasteiger partial charge is 0.283 e. The quantitative estimate of drug-likeness (QED) is 0.220. The van der Waals surface area contributed by atoms with Crippen molar-refractivity contribution < 1.29 is 52.0 Å². The van der Waals surface area contributed by atoms with E-state index >= 15 is 4.39 Å². The van der Waals surface area contributed by atoms with Crippen molar-refractivity contribution in [3.05, 3.63) is 69.1 Å². The zero-order chi connectivity index (χ0) is 42.0. The first-order chi connectivity index (χ1) is 27.9. The van der Waals surface area contributed by atoms with Gasteiger partial charge in [0.15, 0.2) is 11.2 Å². The summed E-state index contributed by atoms with van der Waals surface area (Å²) in [5.41, 5.74) is 2.49. The van der Waals surface area contributed by atoms with E-state index in [0.29, 0.717) is 48.6 Å². The first-order valence-corrected chi connectivity index (χ1v) is 19.1. The molecule has 4 aromatic rings. The number of rotatable bonds is 4. The lowest BCUT2D eigenvalue weighted by molar-refractivity contribution is -0.176. The lowest BCUT2D eigenvalue weighted by atomic mass is 9.92. The molecule has 4 aliphatic heterocycles. The fourth-order valence-electron chi connectivity index (χ4n) is 7.06. The predicted molar refractivity (Wildman–Crippen MR) is 202 cm³/mol. The molecule has 8 rings (SSSR count). The Morgan fingerprint density at radius 1 is 1.12 bits per heavy atom. The number of likely N-dealkylation sites (N-methyl/N-ethyl adjacent to an activating group) is 1. The minimum Gasteiger partial charge on any atom is -0.493 e. The third-order valence-electron chi connectivity index (χ3n) is 10.1. The molecule has 2 aromatic carbocycles. The van der Waals surface area contributed by atoms with E-state index in [-0.39, 0.29) is 46.4 Å². The Labute approximate surface area is 337 Å². The fraction of sp³-hybridized carbons (Fsp3) is 0.350. The fourth-order valence-corrected chi connectivity index (χ4v) is 8.02. The molecule has 2 saturated heterocycles. The summed E-state index contributed by atoms with van der Waals surface area (Å²) in [7, 11) is 1.61. The molecule has 0 bridgehead atoms. The van der Waals surface area contributed by atoms with Crippen LogP contribution in [0.5, 0.6) is 11.5 Å². The number of likely N-dealkylation sites (tertiary alicyclic amines) is 2. The summed E-state index contributed by atoms with van der Waals surface area (Å²) in [6.45, 7) is -0.0448. The second-order valence-corrected chi connectivity index (χ2v) is 15.8. The number of nitrogens with two attached hydrogens (primary N) is 1. The number of halogens is 3. The van der Waals surface area contributed by atoms with Crippen LogP contribution < -0.4 is 20.5 Å². The summed E-state index contributed by atoms with van der Waals surface area (Å²) < 4.78 is 55.8. The van der Waals surface area contributed by atoms with E-state index in [9.17, 15) is 38.2 Å². The number of piperidine rings is 1. The van der Waals surface area contributed by atoms with Crippen molar-refractivity contribution in [1.29, 1.82) is 0 Å². The van der Waals surface area contributed by atoms with Gasteiger partial charge in [-0.25, -0.2) is 23.1 Å². The molecule has 2 unspecified atom stereocenters. The van der Waals surface area contributed by atoms with Crippen molar-refractivity contribution >= 4 is 35.0 Å². The maximum atomic E-state index is 15.6. The molecule has 0 spiro atoms. The number of amides is 4. The van der Waals surface area contributed by atoms with Crippen molar-refractivity contribution in [2.75, 3.05) is 33.3 Å². The van der Waals surface area contributed by atoms with Gasteiger partial charge in [-0.15, -0.1) is 11.3 Å². The van der Waals surface area contributed by atoms with Gasteiger partial charge in [0.25, 0.3) is 29.6 Å². The largest absolute Gasteiger partial charge is 0.493 e. The Bertz CT molecular complexity index is 2600. The number of nitrogens with zero attached hydrogens (tertiary/aromatic N) is 5. The first-order valence-electron chi connectivity index (χ1n) is 18.3. The van der Waals surface area contributed by atoms with E-state index in [1.165, 1.54) is 21.7 Å². The predicted octanol–water partition coefficient (Wildman–Crippen LogP) is 1.91. The average Bonchev–Trinajstić information content (AvgIpc) is 3.72. The first kappa shape index (κ1) is 39.4. The normalized spacial score (nSPS) is 21.0. The number of primary amides is 1.